The molecule has 0 amide bonds. The van der Waals surface area contributed by atoms with Gasteiger partial charge in [-0.2, -0.15) is 0 Å². The predicted octanol–water partition coefficient (Wildman–Crippen LogP) is 6.81. The van der Waals surface area contributed by atoms with Gasteiger partial charge in [-0.25, -0.2) is 0 Å². The van der Waals surface area contributed by atoms with Crippen LogP contribution in [0.25, 0.3) is 11.1 Å². The molecule has 0 saturated heterocycles. The summed E-state index contributed by atoms with van der Waals surface area (Å²) in [6.07, 6.45) is -4.71. The van der Waals surface area contributed by atoms with E-state index in [0.717, 1.165) is 22.3 Å². The third kappa shape index (κ3) is 4.31. The van der Waals surface area contributed by atoms with Gasteiger partial charge in [0.25, 0.3) is 0 Å². The molecule has 24 heavy (non-hydrogen) atoms. The summed E-state index contributed by atoms with van der Waals surface area (Å²) < 4.78 is 42.6. The van der Waals surface area contributed by atoms with Gasteiger partial charge in [0.05, 0.1) is 0 Å². The molecule has 0 N–H and O–H groups in total. The highest BCUT2D eigenvalue weighted by Gasteiger charge is 2.32. The monoisotopic (exact) mass is 336 g/mol. The maximum Gasteiger partial charge on any atom is 0.573 e. The summed E-state index contributed by atoms with van der Waals surface area (Å²) >= 11 is 0. The van der Waals surface area contributed by atoms with E-state index in [9.17, 15) is 13.2 Å². The van der Waals surface area contributed by atoms with E-state index in [-0.39, 0.29) is 11.7 Å². The Morgan fingerprint density at radius 3 is 1.79 bits per heavy atom. The van der Waals surface area contributed by atoms with Gasteiger partial charge in [0.2, 0.25) is 0 Å². The third-order valence-corrected chi connectivity index (χ3v) is 4.11. The van der Waals surface area contributed by atoms with E-state index in [1.54, 1.807) is 12.1 Å². The van der Waals surface area contributed by atoms with Gasteiger partial charge in [0.15, 0.2) is 0 Å². The first-order valence-electron chi connectivity index (χ1n) is 8.09. The van der Waals surface area contributed by atoms with E-state index in [1.165, 1.54) is 6.07 Å². The predicted molar refractivity (Wildman–Crippen MR) is 91.5 cm³/mol. The Kier molecular flexibility index (Phi) is 5.26. The number of rotatable bonds is 4. The van der Waals surface area contributed by atoms with Crippen LogP contribution in [0.15, 0.2) is 36.4 Å². The molecule has 0 saturated carbocycles. The summed E-state index contributed by atoms with van der Waals surface area (Å²) in [5, 5.41) is 0. The lowest BCUT2D eigenvalue weighted by molar-refractivity contribution is -0.274. The number of benzene rings is 2. The van der Waals surface area contributed by atoms with Crippen LogP contribution in [0.2, 0.25) is 0 Å². The van der Waals surface area contributed by atoms with Gasteiger partial charge < -0.3 is 4.74 Å². The van der Waals surface area contributed by atoms with Crippen molar-refractivity contribution in [3.63, 3.8) is 0 Å². The Bertz CT molecular complexity index is 715. The molecule has 0 heterocycles. The van der Waals surface area contributed by atoms with Crippen molar-refractivity contribution in [3.05, 3.63) is 53.1 Å². The topological polar surface area (TPSA) is 9.23 Å². The Balaban J connectivity index is 2.65. The van der Waals surface area contributed by atoms with E-state index in [4.69, 9.17) is 0 Å². The Morgan fingerprint density at radius 2 is 1.29 bits per heavy atom. The second-order valence-electron chi connectivity index (χ2n) is 6.69. The zero-order chi connectivity index (χ0) is 18.1. The molecule has 2 rings (SSSR count). The van der Waals surface area contributed by atoms with E-state index in [1.807, 2.05) is 39.0 Å². The summed E-state index contributed by atoms with van der Waals surface area (Å²) in [4.78, 5) is 0. The van der Waals surface area contributed by atoms with Crippen LogP contribution < -0.4 is 4.74 Å². The number of aryl methyl sites for hydroxylation is 1. The van der Waals surface area contributed by atoms with Crippen molar-refractivity contribution < 1.29 is 17.9 Å². The Labute approximate surface area is 141 Å². The molecule has 4 heteroatoms. The van der Waals surface area contributed by atoms with Gasteiger partial charge in [-0.15, -0.1) is 13.2 Å². The molecule has 0 aliphatic heterocycles. The van der Waals surface area contributed by atoms with Crippen molar-refractivity contribution in [2.24, 2.45) is 0 Å². The number of hydrogen-bond acceptors (Lipinski definition) is 1. The van der Waals surface area contributed by atoms with Crippen LogP contribution >= 0.6 is 0 Å². The molecule has 0 unspecified atom stereocenters. The molecule has 1 nitrogen and oxygen atoms in total. The van der Waals surface area contributed by atoms with Gasteiger partial charge in [-0.3, -0.25) is 0 Å². The molecular formula is C20H23F3O. The second-order valence-corrected chi connectivity index (χ2v) is 6.69. The quantitative estimate of drug-likeness (QED) is 0.596. The first-order chi connectivity index (χ1) is 11.1. The smallest absolute Gasteiger partial charge is 0.405 e. The van der Waals surface area contributed by atoms with Gasteiger partial charge in [0, 0.05) is 5.56 Å². The van der Waals surface area contributed by atoms with Gasteiger partial charge in [-0.1, -0.05) is 52.0 Å². The number of ether oxygens (including phenoxy) is 1. The number of alkyl halides is 3. The average molecular weight is 336 g/mol. The largest absolute Gasteiger partial charge is 0.573 e. The fraction of sp³-hybridized carbons (Fsp3) is 0.400. The molecule has 2 aromatic carbocycles. The average Bonchev–Trinajstić information content (AvgIpc) is 2.46. The Hall–Kier alpha value is -1.97. The van der Waals surface area contributed by atoms with E-state index in [2.05, 4.69) is 18.6 Å². The summed E-state index contributed by atoms with van der Waals surface area (Å²) in [6, 6.07) is 10.8. The highest BCUT2D eigenvalue weighted by atomic mass is 19.4. The van der Waals surface area contributed by atoms with Crippen molar-refractivity contribution in [2.75, 3.05) is 0 Å². The van der Waals surface area contributed by atoms with Crippen molar-refractivity contribution in [2.45, 2.75) is 52.8 Å². The van der Waals surface area contributed by atoms with Crippen LogP contribution in [-0.2, 0) is 0 Å². The molecule has 0 atom stereocenters. The van der Waals surface area contributed by atoms with Crippen LogP contribution in [0.4, 0.5) is 13.2 Å². The Morgan fingerprint density at radius 1 is 0.792 bits per heavy atom. The highest BCUT2D eigenvalue weighted by molar-refractivity contribution is 5.75. The molecular weight excluding hydrogens is 313 g/mol. The van der Waals surface area contributed by atoms with Gasteiger partial charge in [0.1, 0.15) is 5.75 Å². The number of hydrogen-bond donors (Lipinski definition) is 0. The van der Waals surface area contributed by atoms with Gasteiger partial charge >= 0.3 is 6.36 Å². The molecule has 0 fully saturated rings. The van der Waals surface area contributed by atoms with Crippen LogP contribution in [0.3, 0.4) is 0 Å². The molecule has 0 spiro atoms. The van der Waals surface area contributed by atoms with Crippen molar-refractivity contribution in [1.29, 1.82) is 0 Å². The molecule has 2 aromatic rings. The first-order valence-corrected chi connectivity index (χ1v) is 8.09. The first kappa shape index (κ1) is 18.4. The standard InChI is InChI=1S/C20H23F3O/c1-12(2)15-7-6-14(5)17(10-15)18-11-16(13(3)4)8-9-19(18)24-20(21,22)23/h6-13H,1-5H3. The maximum atomic E-state index is 12.8. The molecule has 0 radical (unpaired) electrons. The summed E-state index contributed by atoms with van der Waals surface area (Å²) in [5.41, 5.74) is 4.26. The molecule has 0 aromatic heterocycles. The fourth-order valence-electron chi connectivity index (χ4n) is 2.62. The van der Waals surface area contributed by atoms with E-state index < -0.39 is 6.36 Å². The second kappa shape index (κ2) is 6.88. The van der Waals surface area contributed by atoms with E-state index in [0.29, 0.717) is 11.5 Å². The fourth-order valence-corrected chi connectivity index (χ4v) is 2.62. The van der Waals surface area contributed by atoms with Crippen molar-refractivity contribution >= 4 is 0 Å². The zero-order valence-corrected chi connectivity index (χ0v) is 14.7. The van der Waals surface area contributed by atoms with Crippen molar-refractivity contribution in [1.82, 2.24) is 0 Å². The third-order valence-electron chi connectivity index (χ3n) is 4.11. The number of halogens is 3. The van der Waals surface area contributed by atoms with Gasteiger partial charge in [-0.05, 0) is 53.1 Å². The van der Waals surface area contributed by atoms with E-state index >= 15 is 0 Å². The van der Waals surface area contributed by atoms with Crippen LogP contribution in [-0.4, -0.2) is 6.36 Å². The molecule has 130 valence electrons. The SMILES string of the molecule is Cc1ccc(C(C)C)cc1-c1cc(C(C)C)ccc1OC(F)(F)F. The minimum Gasteiger partial charge on any atom is -0.405 e. The lowest BCUT2D eigenvalue weighted by Crippen LogP contribution is -2.17. The minimum absolute atomic E-state index is 0.157. The lowest BCUT2D eigenvalue weighted by Gasteiger charge is -2.18. The van der Waals surface area contributed by atoms with Crippen LogP contribution in [0.1, 0.15) is 56.2 Å². The van der Waals surface area contributed by atoms with Crippen LogP contribution in [0.5, 0.6) is 5.75 Å². The highest BCUT2D eigenvalue weighted by Crippen LogP contribution is 2.38. The lowest BCUT2D eigenvalue weighted by atomic mass is 9.91. The summed E-state index contributed by atoms with van der Waals surface area (Å²) in [7, 11) is 0. The zero-order valence-electron chi connectivity index (χ0n) is 14.7. The van der Waals surface area contributed by atoms with Crippen molar-refractivity contribution in [3.8, 4) is 16.9 Å². The summed E-state index contributed by atoms with van der Waals surface area (Å²) in [5.74, 6) is 0.359. The molecule has 0 aliphatic carbocycles. The maximum absolute atomic E-state index is 12.8. The molecule has 0 bridgehead atoms. The minimum atomic E-state index is -4.71. The normalized spacial score (nSPS) is 12.1. The molecule has 0 aliphatic rings. The van der Waals surface area contributed by atoms with Crippen LogP contribution in [0, 0.1) is 6.92 Å². The summed E-state index contributed by atoms with van der Waals surface area (Å²) in [6.45, 7) is 10.1.